The molecule has 0 spiro atoms. The average Bonchev–Trinajstić information content (AvgIpc) is 2.37. The van der Waals surface area contributed by atoms with E-state index in [9.17, 15) is 9.59 Å². The molecular weight excluding hydrogens is 240 g/mol. The fourth-order valence-corrected chi connectivity index (χ4v) is 1.79. The van der Waals surface area contributed by atoms with Gasteiger partial charge in [-0.25, -0.2) is 0 Å². The highest BCUT2D eigenvalue weighted by Gasteiger charge is 2.20. The Morgan fingerprint density at radius 2 is 1.79 bits per heavy atom. The molecule has 4 nitrogen and oxygen atoms in total. The second-order valence-electron chi connectivity index (χ2n) is 4.97. The third-order valence-electron chi connectivity index (χ3n) is 3.13. The van der Waals surface area contributed by atoms with Crippen LogP contribution in [0.1, 0.15) is 38.8 Å². The van der Waals surface area contributed by atoms with E-state index in [0.29, 0.717) is 0 Å². The third-order valence-corrected chi connectivity index (χ3v) is 3.13. The number of nitrogens with zero attached hydrogens (tertiary/aromatic N) is 1. The Morgan fingerprint density at radius 1 is 1.21 bits per heavy atom. The van der Waals surface area contributed by atoms with Crippen LogP contribution in [0, 0.1) is 0 Å². The van der Waals surface area contributed by atoms with E-state index in [2.05, 4.69) is 5.32 Å². The Kier molecular flexibility index (Phi) is 5.55. The lowest BCUT2D eigenvalue weighted by molar-refractivity contribution is -0.132. The normalized spacial score (nSPS) is 12.1. The summed E-state index contributed by atoms with van der Waals surface area (Å²) in [5.41, 5.74) is 0.947. The molecule has 104 valence electrons. The summed E-state index contributed by atoms with van der Waals surface area (Å²) in [7, 11) is 1.78. The molecule has 0 heterocycles. The zero-order valence-corrected chi connectivity index (χ0v) is 12.0. The van der Waals surface area contributed by atoms with Crippen molar-refractivity contribution in [2.75, 3.05) is 7.05 Å². The van der Waals surface area contributed by atoms with Crippen LogP contribution in [0.5, 0.6) is 0 Å². The Morgan fingerprint density at radius 3 is 2.26 bits per heavy atom. The van der Waals surface area contributed by atoms with Crippen LogP contribution in [0.25, 0.3) is 0 Å². The van der Waals surface area contributed by atoms with Crippen molar-refractivity contribution >= 4 is 11.8 Å². The smallest absolute Gasteiger partial charge is 0.224 e. The van der Waals surface area contributed by atoms with Crippen LogP contribution in [-0.2, 0) is 9.59 Å². The van der Waals surface area contributed by atoms with Gasteiger partial charge in [0.05, 0.1) is 12.5 Å². The number of hydrogen-bond donors (Lipinski definition) is 1. The molecule has 1 N–H and O–H groups in total. The number of rotatable bonds is 5. The first-order chi connectivity index (χ1) is 8.91. The molecule has 1 aromatic rings. The Hall–Kier alpha value is -1.84. The molecule has 0 aromatic heterocycles. The number of hydrogen-bond acceptors (Lipinski definition) is 2. The van der Waals surface area contributed by atoms with Gasteiger partial charge in [-0.2, -0.15) is 0 Å². The van der Waals surface area contributed by atoms with Gasteiger partial charge in [-0.05, 0) is 19.4 Å². The topological polar surface area (TPSA) is 49.4 Å². The minimum Gasteiger partial charge on any atom is -0.349 e. The van der Waals surface area contributed by atoms with E-state index in [-0.39, 0.29) is 30.3 Å². The van der Waals surface area contributed by atoms with Crippen molar-refractivity contribution in [3.8, 4) is 0 Å². The summed E-state index contributed by atoms with van der Waals surface area (Å²) in [6.45, 7) is 5.40. The molecule has 1 aromatic carbocycles. The van der Waals surface area contributed by atoms with E-state index in [4.69, 9.17) is 0 Å². The van der Waals surface area contributed by atoms with Crippen LogP contribution in [0.15, 0.2) is 30.3 Å². The monoisotopic (exact) mass is 262 g/mol. The molecule has 4 heteroatoms. The van der Waals surface area contributed by atoms with E-state index < -0.39 is 0 Å². The molecule has 0 fully saturated rings. The van der Waals surface area contributed by atoms with Crippen molar-refractivity contribution < 1.29 is 9.59 Å². The van der Waals surface area contributed by atoms with E-state index in [1.165, 1.54) is 6.92 Å². The number of benzene rings is 1. The maximum Gasteiger partial charge on any atom is 0.224 e. The second-order valence-corrected chi connectivity index (χ2v) is 4.97. The predicted octanol–water partition coefficient (Wildman–Crippen LogP) is 2.12. The molecule has 0 saturated carbocycles. The minimum atomic E-state index is -0.271. The summed E-state index contributed by atoms with van der Waals surface area (Å²) in [6, 6.07) is 9.44. The van der Waals surface area contributed by atoms with E-state index in [0.717, 1.165) is 5.56 Å². The molecule has 0 aliphatic carbocycles. The number of amides is 2. The summed E-state index contributed by atoms with van der Waals surface area (Å²) in [6.07, 6.45) is 0.276. The zero-order valence-electron chi connectivity index (χ0n) is 12.0. The molecule has 0 aliphatic heterocycles. The first-order valence-electron chi connectivity index (χ1n) is 6.49. The van der Waals surface area contributed by atoms with Crippen molar-refractivity contribution in [3.05, 3.63) is 35.9 Å². The first kappa shape index (κ1) is 15.2. The highest BCUT2D eigenvalue weighted by atomic mass is 16.2. The van der Waals surface area contributed by atoms with Crippen LogP contribution >= 0.6 is 0 Å². The minimum absolute atomic E-state index is 0.0256. The Labute approximate surface area is 114 Å². The van der Waals surface area contributed by atoms with Crippen LogP contribution in [0.3, 0.4) is 0 Å². The maximum absolute atomic E-state index is 12.1. The molecular formula is C15H22N2O2. The lowest BCUT2D eigenvalue weighted by Crippen LogP contribution is -2.37. The van der Waals surface area contributed by atoms with Crippen molar-refractivity contribution in [2.24, 2.45) is 0 Å². The molecule has 0 bridgehead atoms. The Balaban J connectivity index is 2.82. The average molecular weight is 262 g/mol. The van der Waals surface area contributed by atoms with Gasteiger partial charge in [-0.3, -0.25) is 9.59 Å². The fourth-order valence-electron chi connectivity index (χ4n) is 1.79. The number of nitrogens with one attached hydrogen (secondary N) is 1. The molecule has 0 saturated heterocycles. The zero-order chi connectivity index (χ0) is 14.4. The molecule has 19 heavy (non-hydrogen) atoms. The summed E-state index contributed by atoms with van der Waals surface area (Å²) < 4.78 is 0. The lowest BCUT2D eigenvalue weighted by Gasteiger charge is -2.25. The molecule has 0 radical (unpaired) electrons. The lowest BCUT2D eigenvalue weighted by atomic mass is 10.0. The molecule has 1 atom stereocenters. The highest BCUT2D eigenvalue weighted by molar-refractivity contribution is 5.79. The standard InChI is InChI=1S/C15H22N2O2/c1-11(2)17(4)15(19)10-14(16-12(3)18)13-8-6-5-7-9-13/h5-9,11,14H,10H2,1-4H3,(H,16,18). The number of carbonyl (C=O) groups is 2. The Bertz CT molecular complexity index is 429. The van der Waals surface area contributed by atoms with Gasteiger partial charge in [0.25, 0.3) is 0 Å². The van der Waals surface area contributed by atoms with Gasteiger partial charge in [0, 0.05) is 20.0 Å². The van der Waals surface area contributed by atoms with Crippen molar-refractivity contribution in [2.45, 2.75) is 39.3 Å². The van der Waals surface area contributed by atoms with E-state index >= 15 is 0 Å². The van der Waals surface area contributed by atoms with Crippen LogP contribution in [0.4, 0.5) is 0 Å². The first-order valence-corrected chi connectivity index (χ1v) is 6.49. The van der Waals surface area contributed by atoms with E-state index in [1.807, 2.05) is 44.2 Å². The van der Waals surface area contributed by atoms with Crippen LogP contribution in [0.2, 0.25) is 0 Å². The van der Waals surface area contributed by atoms with Gasteiger partial charge >= 0.3 is 0 Å². The van der Waals surface area contributed by atoms with Gasteiger partial charge in [-0.15, -0.1) is 0 Å². The van der Waals surface area contributed by atoms with Gasteiger partial charge in [-0.1, -0.05) is 30.3 Å². The fraction of sp³-hybridized carbons (Fsp3) is 0.467. The quantitative estimate of drug-likeness (QED) is 0.883. The number of carbonyl (C=O) groups excluding carboxylic acids is 2. The summed E-state index contributed by atoms with van der Waals surface area (Å²) >= 11 is 0. The second kappa shape index (κ2) is 6.92. The van der Waals surface area contributed by atoms with Gasteiger partial charge in [0.1, 0.15) is 0 Å². The van der Waals surface area contributed by atoms with Gasteiger partial charge < -0.3 is 10.2 Å². The summed E-state index contributed by atoms with van der Waals surface area (Å²) in [5.74, 6) is -0.105. The summed E-state index contributed by atoms with van der Waals surface area (Å²) in [4.78, 5) is 25.1. The highest BCUT2D eigenvalue weighted by Crippen LogP contribution is 2.18. The maximum atomic E-state index is 12.1. The predicted molar refractivity (Wildman–Crippen MR) is 75.5 cm³/mol. The molecule has 2 amide bonds. The third kappa shape index (κ3) is 4.73. The largest absolute Gasteiger partial charge is 0.349 e. The van der Waals surface area contributed by atoms with Crippen molar-refractivity contribution in [3.63, 3.8) is 0 Å². The van der Waals surface area contributed by atoms with E-state index in [1.54, 1.807) is 11.9 Å². The molecule has 1 rings (SSSR count). The SMILES string of the molecule is CC(=O)NC(CC(=O)N(C)C(C)C)c1ccccc1. The summed E-state index contributed by atoms with van der Waals surface area (Å²) in [5, 5.41) is 2.83. The molecule has 1 unspecified atom stereocenters. The molecule has 0 aliphatic rings. The van der Waals surface area contributed by atoms with Gasteiger partial charge in [0.2, 0.25) is 11.8 Å². The van der Waals surface area contributed by atoms with Crippen molar-refractivity contribution in [1.29, 1.82) is 0 Å². The van der Waals surface area contributed by atoms with Crippen molar-refractivity contribution in [1.82, 2.24) is 10.2 Å². The van der Waals surface area contributed by atoms with Crippen LogP contribution in [-0.4, -0.2) is 29.8 Å². The van der Waals surface area contributed by atoms with Gasteiger partial charge in [0.15, 0.2) is 0 Å². The van der Waals surface area contributed by atoms with Crippen LogP contribution < -0.4 is 5.32 Å².